The molecule has 0 saturated carbocycles. The van der Waals surface area contributed by atoms with E-state index >= 15 is 0 Å². The molecule has 0 unspecified atom stereocenters. The molecule has 2 aromatic rings. The van der Waals surface area contributed by atoms with E-state index in [0.717, 1.165) is 0 Å². The number of carbonyl (C=O) groups is 1. The molecule has 0 bridgehead atoms. The highest BCUT2D eigenvalue weighted by Gasteiger charge is 2.19. The Balaban J connectivity index is 2.36. The fourth-order valence-electron chi connectivity index (χ4n) is 1.58. The third-order valence-electron chi connectivity index (χ3n) is 2.50. The Labute approximate surface area is 117 Å². The molecule has 0 aliphatic carbocycles. The van der Waals surface area contributed by atoms with Gasteiger partial charge in [-0.25, -0.2) is 13.2 Å². The van der Waals surface area contributed by atoms with Gasteiger partial charge in [0.15, 0.2) is 0 Å². The van der Waals surface area contributed by atoms with Crippen LogP contribution in [0.1, 0.15) is 10.4 Å². The van der Waals surface area contributed by atoms with Crippen LogP contribution in [0.4, 0.5) is 24.5 Å². The molecular formula is C13H8ClF3N2O. The molecular weight excluding hydrogens is 293 g/mol. The minimum Gasteiger partial charge on any atom is -0.397 e. The van der Waals surface area contributed by atoms with E-state index in [2.05, 4.69) is 5.32 Å². The van der Waals surface area contributed by atoms with Gasteiger partial charge in [0.2, 0.25) is 0 Å². The molecule has 104 valence electrons. The second kappa shape index (κ2) is 5.42. The molecule has 3 nitrogen and oxygen atoms in total. The lowest BCUT2D eigenvalue weighted by Gasteiger charge is -2.10. The molecule has 2 aromatic carbocycles. The minimum atomic E-state index is -1.31. The molecule has 0 heterocycles. The van der Waals surface area contributed by atoms with Gasteiger partial charge in [-0.2, -0.15) is 0 Å². The molecule has 0 spiro atoms. The zero-order valence-corrected chi connectivity index (χ0v) is 10.6. The summed E-state index contributed by atoms with van der Waals surface area (Å²) in [7, 11) is 0. The zero-order valence-electron chi connectivity index (χ0n) is 9.88. The second-order valence-corrected chi connectivity index (χ2v) is 4.37. The number of benzene rings is 2. The summed E-state index contributed by atoms with van der Waals surface area (Å²) in [6.07, 6.45) is 0. The standard InChI is InChI=1S/C13H8ClF3N2O/c14-6-1-2-10(18)11(3-6)19-13(20)12-8(16)4-7(15)5-9(12)17/h1-5H,18H2,(H,19,20). The molecule has 0 aliphatic rings. The summed E-state index contributed by atoms with van der Waals surface area (Å²) in [6.45, 7) is 0. The van der Waals surface area contributed by atoms with Crippen LogP contribution < -0.4 is 11.1 Å². The molecule has 0 aliphatic heterocycles. The number of nitrogens with one attached hydrogen (secondary N) is 1. The summed E-state index contributed by atoms with van der Waals surface area (Å²) in [5.41, 5.74) is 4.97. The highest BCUT2D eigenvalue weighted by molar-refractivity contribution is 6.31. The molecule has 3 N–H and O–H groups in total. The largest absolute Gasteiger partial charge is 0.397 e. The molecule has 0 saturated heterocycles. The summed E-state index contributed by atoms with van der Waals surface area (Å²) < 4.78 is 39.7. The average Bonchev–Trinajstić information content (AvgIpc) is 2.32. The molecule has 1 amide bonds. The normalized spacial score (nSPS) is 10.4. The van der Waals surface area contributed by atoms with Crippen LogP contribution in [0.15, 0.2) is 30.3 Å². The number of hydrogen-bond acceptors (Lipinski definition) is 2. The quantitative estimate of drug-likeness (QED) is 0.833. The van der Waals surface area contributed by atoms with Gasteiger partial charge < -0.3 is 11.1 Å². The molecule has 0 atom stereocenters. The predicted molar refractivity (Wildman–Crippen MR) is 70.1 cm³/mol. The van der Waals surface area contributed by atoms with E-state index in [1.807, 2.05) is 0 Å². The Kier molecular flexibility index (Phi) is 3.85. The van der Waals surface area contributed by atoms with Crippen molar-refractivity contribution in [1.82, 2.24) is 0 Å². The van der Waals surface area contributed by atoms with Gasteiger partial charge in [0.1, 0.15) is 23.0 Å². The van der Waals surface area contributed by atoms with Crippen LogP contribution in [0.2, 0.25) is 5.02 Å². The summed E-state index contributed by atoms with van der Waals surface area (Å²) in [5.74, 6) is -4.81. The van der Waals surface area contributed by atoms with Gasteiger partial charge in [-0.1, -0.05) is 11.6 Å². The van der Waals surface area contributed by atoms with Gasteiger partial charge in [0, 0.05) is 17.2 Å². The van der Waals surface area contributed by atoms with Crippen LogP contribution in [0.25, 0.3) is 0 Å². The van der Waals surface area contributed by atoms with Crippen LogP contribution in [-0.2, 0) is 0 Å². The fraction of sp³-hybridized carbons (Fsp3) is 0. The van der Waals surface area contributed by atoms with Crippen molar-refractivity contribution in [2.75, 3.05) is 11.1 Å². The maximum atomic E-state index is 13.4. The molecule has 20 heavy (non-hydrogen) atoms. The molecule has 0 aromatic heterocycles. The summed E-state index contributed by atoms with van der Waals surface area (Å²) in [6, 6.07) is 5.08. The first-order chi connectivity index (χ1) is 9.38. The number of nitrogen functional groups attached to an aromatic ring is 1. The van der Waals surface area contributed by atoms with E-state index in [0.29, 0.717) is 12.1 Å². The third kappa shape index (κ3) is 2.85. The van der Waals surface area contributed by atoms with E-state index in [1.165, 1.54) is 18.2 Å². The molecule has 2 rings (SSSR count). The van der Waals surface area contributed by atoms with Crippen molar-refractivity contribution in [2.24, 2.45) is 0 Å². The maximum absolute atomic E-state index is 13.4. The van der Waals surface area contributed by atoms with Crippen LogP contribution in [-0.4, -0.2) is 5.91 Å². The van der Waals surface area contributed by atoms with Crippen LogP contribution in [0, 0.1) is 17.5 Å². The first-order valence-electron chi connectivity index (χ1n) is 5.39. The van der Waals surface area contributed by atoms with Crippen molar-refractivity contribution >= 4 is 28.9 Å². The fourth-order valence-corrected chi connectivity index (χ4v) is 1.75. The van der Waals surface area contributed by atoms with Crippen LogP contribution in [0.5, 0.6) is 0 Å². The number of anilines is 2. The van der Waals surface area contributed by atoms with Crippen LogP contribution >= 0.6 is 11.6 Å². The lowest BCUT2D eigenvalue weighted by Crippen LogP contribution is -2.17. The smallest absolute Gasteiger partial charge is 0.261 e. The van der Waals surface area contributed by atoms with E-state index in [4.69, 9.17) is 17.3 Å². The van der Waals surface area contributed by atoms with Gasteiger partial charge in [-0.3, -0.25) is 4.79 Å². The Morgan fingerprint density at radius 3 is 2.30 bits per heavy atom. The number of halogens is 4. The Hall–Kier alpha value is -2.21. The molecule has 0 fully saturated rings. The van der Waals surface area contributed by atoms with Crippen molar-refractivity contribution in [3.63, 3.8) is 0 Å². The van der Waals surface area contributed by atoms with Gasteiger partial charge in [0.25, 0.3) is 5.91 Å². The number of carbonyl (C=O) groups excluding carboxylic acids is 1. The highest BCUT2D eigenvalue weighted by atomic mass is 35.5. The van der Waals surface area contributed by atoms with Crippen molar-refractivity contribution in [3.05, 3.63) is 58.4 Å². The Morgan fingerprint density at radius 2 is 1.70 bits per heavy atom. The SMILES string of the molecule is Nc1ccc(Cl)cc1NC(=O)c1c(F)cc(F)cc1F. The van der Waals surface area contributed by atoms with E-state index in [9.17, 15) is 18.0 Å². The van der Waals surface area contributed by atoms with Gasteiger partial charge in [-0.05, 0) is 18.2 Å². The van der Waals surface area contributed by atoms with Gasteiger partial charge in [-0.15, -0.1) is 0 Å². The van der Waals surface area contributed by atoms with Crippen molar-refractivity contribution < 1.29 is 18.0 Å². The number of amides is 1. The number of rotatable bonds is 2. The maximum Gasteiger partial charge on any atom is 0.261 e. The van der Waals surface area contributed by atoms with Crippen LogP contribution in [0.3, 0.4) is 0 Å². The van der Waals surface area contributed by atoms with Gasteiger partial charge in [0.05, 0.1) is 11.4 Å². The van der Waals surface area contributed by atoms with E-state index in [1.54, 1.807) is 0 Å². The van der Waals surface area contributed by atoms with Crippen molar-refractivity contribution in [1.29, 1.82) is 0 Å². The average molecular weight is 301 g/mol. The zero-order chi connectivity index (χ0) is 14.9. The molecule has 0 radical (unpaired) electrons. The molecule has 7 heteroatoms. The van der Waals surface area contributed by atoms with Crippen molar-refractivity contribution in [3.8, 4) is 0 Å². The van der Waals surface area contributed by atoms with Gasteiger partial charge >= 0.3 is 0 Å². The lowest BCUT2D eigenvalue weighted by atomic mass is 10.1. The predicted octanol–water partition coefficient (Wildman–Crippen LogP) is 3.59. The minimum absolute atomic E-state index is 0.102. The first-order valence-corrected chi connectivity index (χ1v) is 5.77. The third-order valence-corrected chi connectivity index (χ3v) is 2.73. The van der Waals surface area contributed by atoms with Crippen molar-refractivity contribution in [2.45, 2.75) is 0 Å². The number of hydrogen-bond donors (Lipinski definition) is 2. The topological polar surface area (TPSA) is 55.1 Å². The first kappa shape index (κ1) is 14.2. The summed E-state index contributed by atoms with van der Waals surface area (Å²) >= 11 is 5.73. The lowest BCUT2D eigenvalue weighted by molar-refractivity contribution is 0.101. The second-order valence-electron chi connectivity index (χ2n) is 3.93. The summed E-state index contributed by atoms with van der Waals surface area (Å²) in [4.78, 5) is 11.8. The Bertz CT molecular complexity index is 668. The van der Waals surface area contributed by atoms with E-state index < -0.39 is 28.9 Å². The number of nitrogens with two attached hydrogens (primary N) is 1. The summed E-state index contributed by atoms with van der Waals surface area (Å²) in [5, 5.41) is 2.50. The monoisotopic (exact) mass is 300 g/mol. The highest BCUT2D eigenvalue weighted by Crippen LogP contribution is 2.24. The van der Waals surface area contributed by atoms with E-state index in [-0.39, 0.29) is 16.4 Å². The Morgan fingerprint density at radius 1 is 1.10 bits per heavy atom.